The molecular formula is C24H32Cl2N4OS. The third kappa shape index (κ3) is 4.70. The van der Waals surface area contributed by atoms with Crippen molar-refractivity contribution >= 4 is 40.0 Å². The summed E-state index contributed by atoms with van der Waals surface area (Å²) in [6, 6.07) is 5.90. The van der Waals surface area contributed by atoms with Gasteiger partial charge in [-0.1, -0.05) is 41.8 Å². The minimum Gasteiger partial charge on any atom is -0.355 e. The minimum atomic E-state index is -1.03. The summed E-state index contributed by atoms with van der Waals surface area (Å²) in [5.41, 5.74) is 2.64. The number of benzene rings is 1. The van der Waals surface area contributed by atoms with Gasteiger partial charge in [-0.25, -0.2) is 13.9 Å². The Morgan fingerprint density at radius 2 is 1.91 bits per heavy atom. The third-order valence-electron chi connectivity index (χ3n) is 6.94. The van der Waals surface area contributed by atoms with E-state index in [9.17, 15) is 4.21 Å². The number of hydrogen-bond acceptors (Lipinski definition) is 4. The predicted octanol–water partition coefficient (Wildman–Crippen LogP) is 5.95. The second-order valence-electron chi connectivity index (χ2n) is 10.1. The first-order valence-electron chi connectivity index (χ1n) is 11.3. The van der Waals surface area contributed by atoms with E-state index < -0.39 is 11.0 Å². The summed E-state index contributed by atoms with van der Waals surface area (Å²) in [6.07, 6.45) is 7.51. The summed E-state index contributed by atoms with van der Waals surface area (Å²) >= 11 is 12.6. The monoisotopic (exact) mass is 494 g/mol. The molecule has 5 nitrogen and oxygen atoms in total. The smallest absolute Gasteiger partial charge is 0.147 e. The number of nitrogens with zero attached hydrogens (tertiary/aromatic N) is 3. The highest BCUT2D eigenvalue weighted by Crippen LogP contribution is 2.47. The van der Waals surface area contributed by atoms with Gasteiger partial charge in [0.1, 0.15) is 5.82 Å². The van der Waals surface area contributed by atoms with Crippen molar-refractivity contribution in [1.29, 1.82) is 0 Å². The summed E-state index contributed by atoms with van der Waals surface area (Å²) in [5, 5.41) is 1.02. The van der Waals surface area contributed by atoms with Crippen molar-refractivity contribution in [2.45, 2.75) is 70.6 Å². The van der Waals surface area contributed by atoms with E-state index in [-0.39, 0.29) is 10.2 Å². The SMILES string of the molecule is Cc1nc(N2CCC3(CCC[C@H]3NS(=O)C(C)(C)C)CC2)cnc1-c1cccc(Cl)c1Cl. The molecule has 1 aromatic heterocycles. The summed E-state index contributed by atoms with van der Waals surface area (Å²) in [5.74, 6) is 0.903. The maximum atomic E-state index is 12.7. The fourth-order valence-corrected chi connectivity index (χ4v) is 6.35. The molecule has 0 radical (unpaired) electrons. The average Bonchev–Trinajstić information content (AvgIpc) is 3.12. The maximum absolute atomic E-state index is 12.7. The van der Waals surface area contributed by atoms with Crippen LogP contribution in [0.2, 0.25) is 10.0 Å². The molecule has 1 spiro atoms. The molecule has 32 heavy (non-hydrogen) atoms. The van der Waals surface area contributed by atoms with Crippen LogP contribution in [0.5, 0.6) is 0 Å². The number of nitrogens with one attached hydrogen (secondary N) is 1. The van der Waals surface area contributed by atoms with E-state index >= 15 is 0 Å². The standard InChI is InChI=1S/C24H32Cl2N4OS/c1-16-22(17-7-5-8-18(25)21(17)26)27-15-20(28-16)30-13-11-24(12-14-30)10-6-9-19(24)29-32(31)23(2,3)4/h5,7-8,15,19,29H,6,9-14H2,1-4H3/t19-,32?/m1/s1. The van der Waals surface area contributed by atoms with Gasteiger partial charge in [0, 0.05) is 24.7 Å². The Bertz CT molecular complexity index is 1020. The molecule has 1 aromatic carbocycles. The van der Waals surface area contributed by atoms with E-state index in [0.29, 0.717) is 16.1 Å². The third-order valence-corrected chi connectivity index (χ3v) is 9.37. The first-order valence-corrected chi connectivity index (χ1v) is 13.2. The molecule has 2 aliphatic rings. The summed E-state index contributed by atoms with van der Waals surface area (Å²) in [7, 11) is -1.03. The lowest BCUT2D eigenvalue weighted by atomic mass is 9.74. The zero-order chi connectivity index (χ0) is 23.1. The van der Waals surface area contributed by atoms with E-state index in [1.807, 2.05) is 46.0 Å². The zero-order valence-electron chi connectivity index (χ0n) is 19.3. The van der Waals surface area contributed by atoms with Gasteiger partial charge in [-0.3, -0.25) is 4.98 Å². The molecule has 4 rings (SSSR count). The molecular weight excluding hydrogens is 463 g/mol. The molecule has 1 aliphatic heterocycles. The molecule has 1 saturated heterocycles. The van der Waals surface area contributed by atoms with Crippen LogP contribution in [-0.2, 0) is 11.0 Å². The van der Waals surface area contributed by atoms with Gasteiger partial charge in [-0.2, -0.15) is 0 Å². The fraction of sp³-hybridized carbons (Fsp3) is 0.583. The molecule has 8 heteroatoms. The highest BCUT2D eigenvalue weighted by Gasteiger charge is 2.46. The number of aromatic nitrogens is 2. The Labute approximate surface area is 203 Å². The number of rotatable bonds is 4. The van der Waals surface area contributed by atoms with E-state index in [4.69, 9.17) is 33.2 Å². The molecule has 2 heterocycles. The van der Waals surface area contributed by atoms with Crippen LogP contribution in [0.1, 0.15) is 58.6 Å². The van der Waals surface area contributed by atoms with Crippen LogP contribution in [0.15, 0.2) is 24.4 Å². The van der Waals surface area contributed by atoms with Crippen molar-refractivity contribution in [2.24, 2.45) is 5.41 Å². The van der Waals surface area contributed by atoms with Gasteiger partial charge in [0.15, 0.2) is 0 Å². The number of hydrogen-bond donors (Lipinski definition) is 1. The molecule has 1 N–H and O–H groups in total. The maximum Gasteiger partial charge on any atom is 0.147 e. The Morgan fingerprint density at radius 3 is 2.56 bits per heavy atom. The van der Waals surface area contributed by atoms with Crippen LogP contribution in [0, 0.1) is 12.3 Å². The van der Waals surface area contributed by atoms with Gasteiger partial charge >= 0.3 is 0 Å². The van der Waals surface area contributed by atoms with E-state index in [1.165, 1.54) is 12.8 Å². The highest BCUT2D eigenvalue weighted by atomic mass is 35.5. The van der Waals surface area contributed by atoms with E-state index in [0.717, 1.165) is 55.1 Å². The van der Waals surface area contributed by atoms with Crippen molar-refractivity contribution in [3.63, 3.8) is 0 Å². The van der Waals surface area contributed by atoms with Crippen LogP contribution in [0.3, 0.4) is 0 Å². The Hall–Kier alpha value is -1.21. The second kappa shape index (κ2) is 9.21. The first kappa shape index (κ1) is 23.9. The lowest BCUT2D eigenvalue weighted by Crippen LogP contribution is -2.51. The molecule has 0 amide bonds. The summed E-state index contributed by atoms with van der Waals surface area (Å²) in [4.78, 5) is 11.9. The van der Waals surface area contributed by atoms with Crippen LogP contribution >= 0.6 is 23.2 Å². The molecule has 1 unspecified atom stereocenters. The zero-order valence-corrected chi connectivity index (χ0v) is 21.6. The highest BCUT2D eigenvalue weighted by molar-refractivity contribution is 7.84. The van der Waals surface area contributed by atoms with Crippen LogP contribution < -0.4 is 9.62 Å². The lowest BCUT2D eigenvalue weighted by molar-refractivity contribution is 0.188. The number of halogens is 2. The van der Waals surface area contributed by atoms with Gasteiger partial charge in [0.05, 0.1) is 43.4 Å². The van der Waals surface area contributed by atoms with Crippen LogP contribution in [0.25, 0.3) is 11.3 Å². The van der Waals surface area contributed by atoms with Crippen molar-refractivity contribution in [3.8, 4) is 11.3 Å². The topological polar surface area (TPSA) is 58.1 Å². The Morgan fingerprint density at radius 1 is 1.19 bits per heavy atom. The molecule has 1 saturated carbocycles. The van der Waals surface area contributed by atoms with Crippen molar-refractivity contribution in [1.82, 2.24) is 14.7 Å². The lowest BCUT2D eigenvalue weighted by Gasteiger charge is -2.44. The van der Waals surface area contributed by atoms with Crippen LogP contribution in [0.4, 0.5) is 5.82 Å². The van der Waals surface area contributed by atoms with Gasteiger partial charge in [-0.15, -0.1) is 0 Å². The number of aryl methyl sites for hydroxylation is 1. The van der Waals surface area contributed by atoms with Crippen molar-refractivity contribution < 1.29 is 4.21 Å². The molecule has 2 atom stereocenters. The number of piperidine rings is 1. The Balaban J connectivity index is 1.47. The molecule has 0 bridgehead atoms. The van der Waals surface area contributed by atoms with Gasteiger partial charge in [-0.05, 0) is 64.9 Å². The molecule has 2 aromatic rings. The fourth-order valence-electron chi connectivity index (χ4n) is 4.98. The molecule has 174 valence electrons. The summed E-state index contributed by atoms with van der Waals surface area (Å²) < 4.78 is 16.0. The minimum absolute atomic E-state index is 0.230. The number of anilines is 1. The van der Waals surface area contributed by atoms with Gasteiger partial charge in [0.2, 0.25) is 0 Å². The van der Waals surface area contributed by atoms with Crippen molar-refractivity contribution in [2.75, 3.05) is 18.0 Å². The van der Waals surface area contributed by atoms with Gasteiger partial charge in [0.25, 0.3) is 0 Å². The van der Waals surface area contributed by atoms with Gasteiger partial charge < -0.3 is 4.90 Å². The van der Waals surface area contributed by atoms with E-state index in [2.05, 4.69) is 9.62 Å². The van der Waals surface area contributed by atoms with Crippen LogP contribution in [-0.4, -0.2) is 38.1 Å². The molecule has 1 aliphatic carbocycles. The average molecular weight is 496 g/mol. The normalized spacial score (nSPS) is 21.8. The van der Waals surface area contributed by atoms with E-state index in [1.54, 1.807) is 6.07 Å². The quantitative estimate of drug-likeness (QED) is 0.570. The Kier molecular flexibility index (Phi) is 6.88. The largest absolute Gasteiger partial charge is 0.355 e. The summed E-state index contributed by atoms with van der Waals surface area (Å²) in [6.45, 7) is 9.93. The first-order chi connectivity index (χ1) is 15.1. The van der Waals surface area contributed by atoms with Crippen molar-refractivity contribution in [3.05, 3.63) is 40.1 Å². The second-order valence-corrected chi connectivity index (χ2v) is 12.8. The molecule has 2 fully saturated rings. The predicted molar refractivity (Wildman–Crippen MR) is 135 cm³/mol.